The third kappa shape index (κ3) is 6.12. The number of amides is 2. The molecule has 2 amide bonds. The van der Waals surface area contributed by atoms with E-state index in [0.29, 0.717) is 34.7 Å². The molecule has 178 valence electrons. The van der Waals surface area contributed by atoms with Gasteiger partial charge in [-0.1, -0.05) is 47.8 Å². The summed E-state index contributed by atoms with van der Waals surface area (Å²) in [4.78, 5) is 34.3. The van der Waals surface area contributed by atoms with Gasteiger partial charge >= 0.3 is 0 Å². The van der Waals surface area contributed by atoms with Crippen molar-refractivity contribution in [2.45, 2.75) is 47.6 Å². The van der Waals surface area contributed by atoms with Crippen LogP contribution in [-0.2, 0) is 9.59 Å². The van der Waals surface area contributed by atoms with Crippen molar-refractivity contribution in [2.24, 2.45) is 0 Å². The number of nitrogens with one attached hydrogen (secondary N) is 2. The van der Waals surface area contributed by atoms with Crippen molar-refractivity contribution in [3.63, 3.8) is 0 Å². The number of nitrogens with zero attached hydrogens (tertiary/aromatic N) is 2. The summed E-state index contributed by atoms with van der Waals surface area (Å²) in [7, 11) is 0. The summed E-state index contributed by atoms with van der Waals surface area (Å²) < 4.78 is 11.8. The van der Waals surface area contributed by atoms with Crippen molar-refractivity contribution in [3.05, 3.63) is 48.5 Å². The fraction of sp³-hybridized carbons (Fsp3) is 0.333. The highest BCUT2D eigenvalue weighted by Crippen LogP contribution is 2.39. The summed E-state index contributed by atoms with van der Waals surface area (Å²) in [6, 6.07) is 15.0. The number of carbonyl (C=O) groups is 2. The first kappa shape index (κ1) is 24.2. The Kier molecular flexibility index (Phi) is 8.12. The number of rotatable bonds is 11. The zero-order chi connectivity index (χ0) is 23.9. The van der Waals surface area contributed by atoms with E-state index in [2.05, 4.69) is 20.6 Å². The van der Waals surface area contributed by atoms with Crippen LogP contribution in [0.2, 0.25) is 0 Å². The average Bonchev–Trinajstić information content (AvgIpc) is 3.41. The quantitative estimate of drug-likeness (QED) is 0.288. The highest BCUT2D eigenvalue weighted by atomic mass is 32.2. The number of para-hydroxylation sites is 4. The van der Waals surface area contributed by atoms with E-state index in [1.165, 1.54) is 23.5 Å². The molecule has 2 N–H and O–H groups in total. The van der Waals surface area contributed by atoms with Gasteiger partial charge in [0.2, 0.25) is 11.8 Å². The standard InChI is InChI=1S/C24H26N4O4S2/c1-3-25-21(29)13-19(33-23-27-15-9-5-7-11-17(15)31-23)20(14-22(30)26-4-2)34-24-28-16-10-6-8-12-18(16)32-24/h5-12,19-20H,3-4,13-14H2,1-2H3,(H,25,29)(H,26,30). The van der Waals surface area contributed by atoms with Gasteiger partial charge in [-0.05, 0) is 38.1 Å². The summed E-state index contributed by atoms with van der Waals surface area (Å²) in [5.41, 5.74) is 2.84. The SMILES string of the molecule is CCNC(=O)CC(Sc1nc2ccccc2o1)C(CC(=O)NCC)Sc1nc2ccccc2o1. The van der Waals surface area contributed by atoms with Gasteiger partial charge in [0.05, 0.1) is 0 Å². The molecule has 4 aromatic rings. The number of fused-ring (bicyclic) bond motifs is 2. The number of aromatic nitrogens is 2. The second-order valence-electron chi connectivity index (χ2n) is 7.52. The normalized spacial score (nSPS) is 13.1. The number of hydrogen-bond acceptors (Lipinski definition) is 8. The molecule has 2 aromatic heterocycles. The minimum atomic E-state index is -0.317. The summed E-state index contributed by atoms with van der Waals surface area (Å²) in [5, 5.41) is 5.98. The molecule has 2 aromatic carbocycles. The summed E-state index contributed by atoms with van der Waals surface area (Å²) in [6.07, 6.45) is 0.378. The smallest absolute Gasteiger partial charge is 0.257 e. The number of oxazole rings is 2. The van der Waals surface area contributed by atoms with Crippen LogP contribution in [0.15, 0.2) is 67.8 Å². The fourth-order valence-electron chi connectivity index (χ4n) is 3.46. The van der Waals surface area contributed by atoms with Gasteiger partial charge in [0.15, 0.2) is 11.2 Å². The number of carbonyl (C=O) groups excluding carboxylic acids is 2. The third-order valence-electron chi connectivity index (χ3n) is 4.99. The molecule has 2 atom stereocenters. The molecular weight excluding hydrogens is 472 g/mol. The first-order valence-electron chi connectivity index (χ1n) is 11.1. The van der Waals surface area contributed by atoms with Gasteiger partial charge in [-0.2, -0.15) is 0 Å². The first-order valence-corrected chi connectivity index (χ1v) is 12.9. The van der Waals surface area contributed by atoms with E-state index >= 15 is 0 Å². The minimum absolute atomic E-state index is 0.102. The van der Waals surface area contributed by atoms with E-state index in [4.69, 9.17) is 8.83 Å². The second kappa shape index (κ2) is 11.4. The minimum Gasteiger partial charge on any atom is -0.431 e. The number of benzene rings is 2. The fourth-order valence-corrected chi connectivity index (χ4v) is 5.86. The zero-order valence-corrected chi connectivity index (χ0v) is 20.6. The Balaban J connectivity index is 1.64. The van der Waals surface area contributed by atoms with Gasteiger partial charge in [-0.15, -0.1) is 0 Å². The predicted molar refractivity (Wildman–Crippen MR) is 134 cm³/mol. The Hall–Kier alpha value is -2.98. The van der Waals surface area contributed by atoms with Crippen molar-refractivity contribution in [1.82, 2.24) is 20.6 Å². The van der Waals surface area contributed by atoms with E-state index in [1.54, 1.807) is 0 Å². The molecule has 2 heterocycles. The first-order chi connectivity index (χ1) is 16.6. The molecular formula is C24H26N4O4S2. The van der Waals surface area contributed by atoms with Gasteiger partial charge in [0.1, 0.15) is 11.0 Å². The number of hydrogen-bond donors (Lipinski definition) is 2. The molecule has 8 nitrogen and oxygen atoms in total. The van der Waals surface area contributed by atoms with Crippen LogP contribution in [0.5, 0.6) is 0 Å². The predicted octanol–water partition coefficient (Wildman–Crippen LogP) is 4.64. The molecule has 4 rings (SSSR count). The van der Waals surface area contributed by atoms with Crippen LogP contribution in [0.25, 0.3) is 22.2 Å². The van der Waals surface area contributed by atoms with Crippen molar-refractivity contribution >= 4 is 57.5 Å². The summed E-state index contributed by atoms with van der Waals surface area (Å²) in [5.74, 6) is -0.203. The van der Waals surface area contributed by atoms with Crippen LogP contribution < -0.4 is 10.6 Å². The molecule has 0 bridgehead atoms. The molecule has 0 aliphatic heterocycles. The molecule has 10 heteroatoms. The van der Waals surface area contributed by atoms with Crippen LogP contribution in [0, 0.1) is 0 Å². The van der Waals surface area contributed by atoms with Crippen LogP contribution in [0.4, 0.5) is 0 Å². The van der Waals surface area contributed by atoms with Gasteiger partial charge in [-0.25, -0.2) is 9.97 Å². The maximum atomic E-state index is 12.6. The molecule has 0 fully saturated rings. The molecule has 0 aliphatic carbocycles. The number of thioether (sulfide) groups is 2. The van der Waals surface area contributed by atoms with E-state index in [1.807, 2.05) is 62.4 Å². The zero-order valence-electron chi connectivity index (χ0n) is 18.9. The summed E-state index contributed by atoms with van der Waals surface area (Å²) in [6.45, 7) is 4.80. The van der Waals surface area contributed by atoms with E-state index < -0.39 is 0 Å². The van der Waals surface area contributed by atoms with Crippen LogP contribution >= 0.6 is 23.5 Å². The van der Waals surface area contributed by atoms with Gasteiger partial charge in [0, 0.05) is 36.4 Å². The lowest BCUT2D eigenvalue weighted by Crippen LogP contribution is -2.34. The van der Waals surface area contributed by atoms with Gasteiger partial charge in [-0.3, -0.25) is 9.59 Å². The Morgan fingerprint density at radius 2 is 1.18 bits per heavy atom. The lowest BCUT2D eigenvalue weighted by Gasteiger charge is -2.23. The Morgan fingerprint density at radius 3 is 1.56 bits per heavy atom. The molecule has 34 heavy (non-hydrogen) atoms. The molecule has 0 spiro atoms. The maximum Gasteiger partial charge on any atom is 0.257 e. The van der Waals surface area contributed by atoms with Crippen molar-refractivity contribution in [1.29, 1.82) is 0 Å². The Morgan fingerprint density at radius 1 is 0.765 bits per heavy atom. The molecule has 0 saturated carbocycles. The van der Waals surface area contributed by atoms with E-state index in [0.717, 1.165) is 11.0 Å². The van der Waals surface area contributed by atoms with Crippen LogP contribution in [0.1, 0.15) is 26.7 Å². The van der Waals surface area contributed by atoms with Crippen molar-refractivity contribution in [2.75, 3.05) is 13.1 Å². The Bertz CT molecular complexity index is 1110. The second-order valence-corrected chi connectivity index (χ2v) is 9.90. The van der Waals surface area contributed by atoms with Crippen molar-refractivity contribution < 1.29 is 18.4 Å². The van der Waals surface area contributed by atoms with E-state index in [-0.39, 0.29) is 35.2 Å². The molecule has 0 aliphatic rings. The van der Waals surface area contributed by atoms with Crippen molar-refractivity contribution in [3.8, 4) is 0 Å². The van der Waals surface area contributed by atoms with Crippen LogP contribution in [-0.4, -0.2) is 45.4 Å². The highest BCUT2D eigenvalue weighted by Gasteiger charge is 2.31. The monoisotopic (exact) mass is 498 g/mol. The average molecular weight is 499 g/mol. The maximum absolute atomic E-state index is 12.6. The van der Waals surface area contributed by atoms with Crippen LogP contribution in [0.3, 0.4) is 0 Å². The Labute approximate surface area is 205 Å². The molecule has 2 unspecified atom stereocenters. The summed E-state index contributed by atoms with van der Waals surface area (Å²) >= 11 is 2.71. The lowest BCUT2D eigenvalue weighted by atomic mass is 10.1. The topological polar surface area (TPSA) is 110 Å². The molecule has 0 saturated heterocycles. The molecule has 0 radical (unpaired) electrons. The largest absolute Gasteiger partial charge is 0.431 e. The third-order valence-corrected chi connectivity index (χ3v) is 7.51. The van der Waals surface area contributed by atoms with E-state index in [9.17, 15) is 9.59 Å². The van der Waals surface area contributed by atoms with Gasteiger partial charge in [0.25, 0.3) is 10.4 Å². The van der Waals surface area contributed by atoms with Gasteiger partial charge < -0.3 is 19.5 Å². The lowest BCUT2D eigenvalue weighted by molar-refractivity contribution is -0.122. The highest BCUT2D eigenvalue weighted by molar-refractivity contribution is 8.03.